The van der Waals surface area contributed by atoms with Crippen LogP contribution in [0.2, 0.25) is 0 Å². The van der Waals surface area contributed by atoms with Crippen LogP contribution in [-0.4, -0.2) is 45.7 Å². The highest BCUT2D eigenvalue weighted by Gasteiger charge is 2.29. The van der Waals surface area contributed by atoms with Gasteiger partial charge in [-0.1, -0.05) is 12.1 Å². The Bertz CT molecular complexity index is 593. The van der Waals surface area contributed by atoms with Crippen LogP contribution in [0.5, 0.6) is 0 Å². The van der Waals surface area contributed by atoms with Crippen molar-refractivity contribution in [3.8, 4) is 0 Å². The number of alkyl halides is 3. The predicted octanol–water partition coefficient (Wildman–Crippen LogP) is 2.45. The number of benzene rings is 1. The first kappa shape index (κ1) is 17.2. The van der Waals surface area contributed by atoms with E-state index in [2.05, 4.69) is 0 Å². The number of ether oxygens (including phenoxy) is 1. The van der Waals surface area contributed by atoms with Gasteiger partial charge in [0.15, 0.2) is 0 Å². The zero-order valence-electron chi connectivity index (χ0n) is 12.1. The molecule has 0 aromatic heterocycles. The Morgan fingerprint density at radius 3 is 2.41 bits per heavy atom. The molecule has 0 bridgehead atoms. The third kappa shape index (κ3) is 4.44. The van der Waals surface area contributed by atoms with Crippen LogP contribution in [0.1, 0.15) is 12.0 Å². The summed E-state index contributed by atoms with van der Waals surface area (Å²) in [5.41, 5.74) is 0.0401. The van der Waals surface area contributed by atoms with Gasteiger partial charge in [0.25, 0.3) is 0 Å². The molecule has 0 N–H and O–H groups in total. The topological polar surface area (TPSA) is 46.6 Å². The van der Waals surface area contributed by atoms with Gasteiger partial charge in [-0.25, -0.2) is 12.7 Å². The van der Waals surface area contributed by atoms with Crippen molar-refractivity contribution >= 4 is 10.0 Å². The van der Waals surface area contributed by atoms with Gasteiger partial charge in [0, 0.05) is 20.2 Å². The summed E-state index contributed by atoms with van der Waals surface area (Å²) in [6.45, 7) is 1.50. The van der Waals surface area contributed by atoms with Crippen LogP contribution in [0.15, 0.2) is 29.2 Å². The fraction of sp³-hybridized carbons (Fsp3) is 0.571. The number of hydrogen-bond acceptors (Lipinski definition) is 3. The minimum Gasteiger partial charge on any atom is -0.381 e. The van der Waals surface area contributed by atoms with Crippen molar-refractivity contribution in [3.63, 3.8) is 0 Å². The lowest BCUT2D eigenvalue weighted by atomic mass is 10.1. The van der Waals surface area contributed by atoms with Crippen molar-refractivity contribution in [2.75, 3.05) is 26.8 Å². The maximum Gasteiger partial charge on any atom is 0.393 e. The van der Waals surface area contributed by atoms with Gasteiger partial charge in [-0.2, -0.15) is 13.2 Å². The van der Waals surface area contributed by atoms with Crippen molar-refractivity contribution in [2.24, 2.45) is 5.92 Å². The van der Waals surface area contributed by atoms with E-state index in [0.29, 0.717) is 19.8 Å². The molecule has 1 heterocycles. The van der Waals surface area contributed by atoms with E-state index in [1.165, 1.54) is 35.6 Å². The van der Waals surface area contributed by atoms with E-state index in [1.807, 2.05) is 0 Å². The molecule has 1 saturated heterocycles. The average Bonchev–Trinajstić information content (AvgIpc) is 2.90. The van der Waals surface area contributed by atoms with Crippen LogP contribution in [0.3, 0.4) is 0 Å². The summed E-state index contributed by atoms with van der Waals surface area (Å²) >= 11 is 0. The van der Waals surface area contributed by atoms with Crippen LogP contribution in [0, 0.1) is 5.92 Å². The van der Waals surface area contributed by atoms with Crippen LogP contribution in [0.4, 0.5) is 13.2 Å². The molecule has 1 aliphatic rings. The van der Waals surface area contributed by atoms with Gasteiger partial charge in [0.05, 0.1) is 17.9 Å². The molecule has 0 radical (unpaired) electrons. The largest absolute Gasteiger partial charge is 0.393 e. The van der Waals surface area contributed by atoms with Crippen molar-refractivity contribution in [1.29, 1.82) is 0 Å². The first-order valence-electron chi connectivity index (χ1n) is 6.88. The van der Waals surface area contributed by atoms with Crippen molar-refractivity contribution in [1.82, 2.24) is 4.31 Å². The predicted molar refractivity (Wildman–Crippen MR) is 74.9 cm³/mol. The van der Waals surface area contributed by atoms with Gasteiger partial charge < -0.3 is 4.74 Å². The Labute approximate surface area is 127 Å². The summed E-state index contributed by atoms with van der Waals surface area (Å²) < 4.78 is 68.1. The third-order valence-corrected chi connectivity index (χ3v) is 5.41. The molecule has 124 valence electrons. The lowest BCUT2D eigenvalue weighted by Crippen LogP contribution is -2.32. The van der Waals surface area contributed by atoms with E-state index in [0.717, 1.165) is 6.42 Å². The van der Waals surface area contributed by atoms with Crippen LogP contribution in [-0.2, 0) is 21.2 Å². The molecule has 0 amide bonds. The fourth-order valence-corrected chi connectivity index (χ4v) is 3.63. The van der Waals surface area contributed by atoms with Crippen molar-refractivity contribution < 1.29 is 26.3 Å². The molecule has 0 spiro atoms. The Morgan fingerprint density at radius 1 is 1.27 bits per heavy atom. The van der Waals surface area contributed by atoms with Crippen LogP contribution < -0.4 is 0 Å². The average molecular weight is 337 g/mol. The zero-order chi connectivity index (χ0) is 16.4. The molecule has 1 aliphatic heterocycles. The number of rotatable bonds is 5. The van der Waals surface area contributed by atoms with E-state index in [4.69, 9.17) is 4.74 Å². The summed E-state index contributed by atoms with van der Waals surface area (Å²) in [4.78, 5) is -0.000148. The van der Waals surface area contributed by atoms with E-state index in [9.17, 15) is 21.6 Å². The van der Waals surface area contributed by atoms with Crippen molar-refractivity contribution in [3.05, 3.63) is 29.8 Å². The molecular formula is C14H18F3NO3S. The number of sulfonamides is 1. The van der Waals surface area contributed by atoms with E-state index >= 15 is 0 Å². The minimum absolute atomic E-state index is 0.000148. The Kier molecular flexibility index (Phi) is 5.14. The summed E-state index contributed by atoms with van der Waals surface area (Å²) in [5, 5.41) is 0. The summed E-state index contributed by atoms with van der Waals surface area (Å²) in [6, 6.07) is 4.84. The summed E-state index contributed by atoms with van der Waals surface area (Å²) in [5.74, 6) is 0.157. The first-order valence-corrected chi connectivity index (χ1v) is 8.32. The fourth-order valence-electron chi connectivity index (χ4n) is 2.38. The number of hydrogen-bond donors (Lipinski definition) is 0. The molecule has 1 fully saturated rings. The van der Waals surface area contributed by atoms with Gasteiger partial charge in [-0.15, -0.1) is 0 Å². The monoisotopic (exact) mass is 337 g/mol. The smallest absolute Gasteiger partial charge is 0.381 e. The molecule has 4 nitrogen and oxygen atoms in total. The standard InChI is InChI=1S/C14H18F3NO3S/c1-18(9-12-6-7-21-10-12)22(19,20)13-4-2-11(3-5-13)8-14(15,16)17/h2-5,12H,6-10H2,1H3. The van der Waals surface area contributed by atoms with Gasteiger partial charge in [-0.3, -0.25) is 0 Å². The summed E-state index contributed by atoms with van der Waals surface area (Å²) in [6.07, 6.45) is -4.56. The van der Waals surface area contributed by atoms with Crippen LogP contribution in [0.25, 0.3) is 0 Å². The second kappa shape index (κ2) is 6.55. The lowest BCUT2D eigenvalue weighted by molar-refractivity contribution is -0.127. The summed E-state index contributed by atoms with van der Waals surface area (Å²) in [7, 11) is -2.22. The Morgan fingerprint density at radius 2 is 1.91 bits per heavy atom. The molecule has 0 saturated carbocycles. The molecule has 0 aliphatic carbocycles. The maximum atomic E-state index is 12.4. The highest BCUT2D eigenvalue weighted by Crippen LogP contribution is 2.23. The zero-order valence-corrected chi connectivity index (χ0v) is 13.0. The molecule has 22 heavy (non-hydrogen) atoms. The van der Waals surface area contributed by atoms with Gasteiger partial charge >= 0.3 is 6.18 Å². The molecule has 8 heteroatoms. The molecule has 1 aromatic carbocycles. The maximum absolute atomic E-state index is 12.4. The SMILES string of the molecule is CN(CC1CCOC1)S(=O)(=O)c1ccc(CC(F)(F)F)cc1. The molecule has 2 rings (SSSR count). The quantitative estimate of drug-likeness (QED) is 0.829. The lowest BCUT2D eigenvalue weighted by Gasteiger charge is -2.20. The van der Waals surface area contributed by atoms with E-state index in [1.54, 1.807) is 0 Å². The highest BCUT2D eigenvalue weighted by molar-refractivity contribution is 7.89. The molecule has 1 aromatic rings. The third-order valence-electron chi connectivity index (χ3n) is 3.58. The van der Waals surface area contributed by atoms with Crippen molar-refractivity contribution in [2.45, 2.75) is 23.9 Å². The molecular weight excluding hydrogens is 319 g/mol. The van der Waals surface area contributed by atoms with Crippen LogP contribution >= 0.6 is 0 Å². The first-order chi connectivity index (χ1) is 10.2. The normalized spacial score (nSPS) is 19.8. The minimum atomic E-state index is -4.31. The van der Waals surface area contributed by atoms with E-state index < -0.39 is 22.6 Å². The second-order valence-electron chi connectivity index (χ2n) is 5.45. The molecule has 1 unspecified atom stereocenters. The Balaban J connectivity index is 2.08. The number of nitrogens with zero attached hydrogens (tertiary/aromatic N) is 1. The molecule has 1 atom stereocenters. The number of halogens is 3. The second-order valence-corrected chi connectivity index (χ2v) is 7.50. The van der Waals surface area contributed by atoms with Gasteiger partial charge in [0.1, 0.15) is 0 Å². The highest BCUT2D eigenvalue weighted by atomic mass is 32.2. The van der Waals surface area contributed by atoms with Gasteiger partial charge in [-0.05, 0) is 30.0 Å². The Hall–Kier alpha value is -1.12. The van der Waals surface area contributed by atoms with E-state index in [-0.39, 0.29) is 16.4 Å². The van der Waals surface area contributed by atoms with Gasteiger partial charge in [0.2, 0.25) is 10.0 Å².